The molecule has 3 unspecified atom stereocenters. The Bertz CT molecular complexity index is 1260. The summed E-state index contributed by atoms with van der Waals surface area (Å²) in [5, 5.41) is 57.6. The number of phenols is 4. The molecule has 188 valence electrons. The number of aliphatic hydroxyl groups is 1. The number of benzene rings is 2. The molecule has 0 bridgehead atoms. The van der Waals surface area contributed by atoms with Gasteiger partial charge in [0.1, 0.15) is 12.2 Å². The summed E-state index contributed by atoms with van der Waals surface area (Å²) in [7, 11) is 0. The van der Waals surface area contributed by atoms with Crippen LogP contribution >= 0.6 is 0 Å². The quantitative estimate of drug-likeness (QED) is 0.185. The number of carboxylic acid groups (broad SMARTS) is 1. The van der Waals surface area contributed by atoms with Crippen LogP contribution in [0.5, 0.6) is 23.0 Å². The van der Waals surface area contributed by atoms with Gasteiger partial charge in [-0.1, -0.05) is 12.1 Å². The number of carbonyl (C=O) groups is 3. The number of ether oxygens (including phenoxy) is 2. The van der Waals surface area contributed by atoms with Gasteiger partial charge in [-0.3, -0.25) is 0 Å². The van der Waals surface area contributed by atoms with E-state index in [0.29, 0.717) is 11.1 Å². The highest BCUT2D eigenvalue weighted by Crippen LogP contribution is 2.28. The van der Waals surface area contributed by atoms with Gasteiger partial charge in [0.2, 0.25) is 0 Å². The molecule has 2 aromatic carbocycles. The Kier molecular flexibility index (Phi) is 7.97. The first-order valence-electron chi connectivity index (χ1n) is 10.5. The number of carbonyl (C=O) groups excluding carboxylic acids is 2. The molecule has 0 fully saturated rings. The zero-order valence-corrected chi connectivity index (χ0v) is 18.5. The number of hydrogen-bond acceptors (Lipinski definition) is 10. The lowest BCUT2D eigenvalue weighted by molar-refractivity contribution is -0.162. The van der Waals surface area contributed by atoms with E-state index < -0.39 is 47.7 Å². The zero-order chi connectivity index (χ0) is 26.4. The Labute approximate surface area is 204 Å². The molecule has 0 spiro atoms. The van der Waals surface area contributed by atoms with Crippen molar-refractivity contribution < 1.29 is 54.5 Å². The molecule has 3 rings (SSSR count). The maximum atomic E-state index is 12.2. The summed E-state index contributed by atoms with van der Waals surface area (Å²) in [6, 6.07) is 7.65. The van der Waals surface area contributed by atoms with Crippen molar-refractivity contribution in [3.63, 3.8) is 0 Å². The largest absolute Gasteiger partial charge is 0.504 e. The Morgan fingerprint density at radius 2 is 1.28 bits per heavy atom. The fourth-order valence-electron chi connectivity index (χ4n) is 3.27. The number of rotatable bonds is 7. The second-order valence-electron chi connectivity index (χ2n) is 7.73. The second-order valence-corrected chi connectivity index (χ2v) is 7.73. The standard InChI is InChI=1S/C25H22O11/c26-16-5-1-13(9-18(16)28)3-7-22(30)35-20-11-15(25(33)34)12-21(24(20)32)36-23(31)8-4-14-2-6-17(27)19(29)10-14/h1-11,20-21,24,26-29,32H,12H2,(H,33,34). The molecular weight excluding hydrogens is 476 g/mol. The minimum Gasteiger partial charge on any atom is -0.504 e. The fraction of sp³-hybridized carbons (Fsp3) is 0.160. The molecule has 11 nitrogen and oxygen atoms in total. The van der Waals surface area contributed by atoms with E-state index in [-0.39, 0.29) is 23.5 Å². The number of esters is 2. The summed E-state index contributed by atoms with van der Waals surface area (Å²) in [5.41, 5.74) is 0.475. The van der Waals surface area contributed by atoms with Gasteiger partial charge in [-0.05, 0) is 53.6 Å². The average molecular weight is 498 g/mol. The van der Waals surface area contributed by atoms with Gasteiger partial charge in [0.25, 0.3) is 0 Å². The van der Waals surface area contributed by atoms with E-state index in [2.05, 4.69) is 0 Å². The first-order valence-corrected chi connectivity index (χ1v) is 10.5. The van der Waals surface area contributed by atoms with Crippen LogP contribution in [0.25, 0.3) is 12.2 Å². The highest BCUT2D eigenvalue weighted by atomic mass is 16.6. The molecule has 3 atom stereocenters. The number of hydrogen-bond donors (Lipinski definition) is 6. The van der Waals surface area contributed by atoms with Crippen LogP contribution in [0.3, 0.4) is 0 Å². The van der Waals surface area contributed by atoms with E-state index in [1.807, 2.05) is 0 Å². The van der Waals surface area contributed by atoms with Crippen molar-refractivity contribution in [2.75, 3.05) is 0 Å². The molecule has 2 aromatic rings. The van der Waals surface area contributed by atoms with Crippen LogP contribution in [0.4, 0.5) is 0 Å². The third-order valence-corrected chi connectivity index (χ3v) is 5.12. The molecule has 0 heterocycles. The third-order valence-electron chi connectivity index (χ3n) is 5.12. The number of carboxylic acids is 1. The molecule has 1 aliphatic rings. The molecule has 36 heavy (non-hydrogen) atoms. The summed E-state index contributed by atoms with van der Waals surface area (Å²) in [6.07, 6.45) is 0.839. The molecule has 0 aliphatic heterocycles. The summed E-state index contributed by atoms with van der Waals surface area (Å²) in [4.78, 5) is 36.0. The Morgan fingerprint density at radius 1 is 0.778 bits per heavy atom. The first kappa shape index (κ1) is 25.8. The Hall–Kier alpha value is -4.77. The van der Waals surface area contributed by atoms with Crippen LogP contribution in [0.1, 0.15) is 17.5 Å². The Morgan fingerprint density at radius 3 is 1.75 bits per heavy atom. The summed E-state index contributed by atoms with van der Waals surface area (Å²) in [6.45, 7) is 0. The number of aliphatic carboxylic acids is 1. The fourth-order valence-corrected chi connectivity index (χ4v) is 3.27. The maximum absolute atomic E-state index is 12.2. The normalized spacial score (nSPS) is 19.7. The van der Waals surface area contributed by atoms with Crippen molar-refractivity contribution in [2.45, 2.75) is 24.7 Å². The van der Waals surface area contributed by atoms with Crippen molar-refractivity contribution in [3.8, 4) is 23.0 Å². The lowest BCUT2D eigenvalue weighted by atomic mass is 9.92. The highest BCUT2D eigenvalue weighted by Gasteiger charge is 2.38. The van der Waals surface area contributed by atoms with Gasteiger partial charge in [-0.2, -0.15) is 0 Å². The number of aliphatic hydroxyl groups excluding tert-OH is 1. The molecule has 0 radical (unpaired) electrons. The highest BCUT2D eigenvalue weighted by molar-refractivity contribution is 5.90. The minimum atomic E-state index is -1.57. The van der Waals surface area contributed by atoms with Crippen LogP contribution < -0.4 is 0 Å². The molecule has 0 amide bonds. The van der Waals surface area contributed by atoms with Crippen LogP contribution in [0.15, 0.2) is 60.2 Å². The van der Waals surface area contributed by atoms with Crippen molar-refractivity contribution in [1.29, 1.82) is 0 Å². The maximum Gasteiger partial charge on any atom is 0.331 e. The predicted molar refractivity (Wildman–Crippen MR) is 124 cm³/mol. The van der Waals surface area contributed by atoms with Crippen molar-refractivity contribution in [3.05, 3.63) is 71.3 Å². The van der Waals surface area contributed by atoms with E-state index in [0.717, 1.165) is 18.2 Å². The van der Waals surface area contributed by atoms with E-state index in [4.69, 9.17) is 9.47 Å². The molecule has 0 saturated carbocycles. The van der Waals surface area contributed by atoms with Crippen LogP contribution in [-0.4, -0.2) is 66.9 Å². The average Bonchev–Trinajstić information content (AvgIpc) is 2.83. The van der Waals surface area contributed by atoms with Gasteiger partial charge in [0.05, 0.1) is 0 Å². The van der Waals surface area contributed by atoms with E-state index in [9.17, 15) is 45.0 Å². The molecule has 11 heteroatoms. The smallest absolute Gasteiger partial charge is 0.331 e. The van der Waals surface area contributed by atoms with Crippen LogP contribution in [-0.2, 0) is 23.9 Å². The van der Waals surface area contributed by atoms with Crippen molar-refractivity contribution in [2.24, 2.45) is 0 Å². The number of phenolic OH excluding ortho intramolecular Hbond substituents is 4. The SMILES string of the molecule is O=C(C=Cc1ccc(O)c(O)c1)OC1C=C(C(=O)O)CC(OC(=O)C=Cc2ccc(O)c(O)c2)C1O. The van der Waals surface area contributed by atoms with Gasteiger partial charge in [-0.25, -0.2) is 14.4 Å². The van der Waals surface area contributed by atoms with Gasteiger partial charge >= 0.3 is 17.9 Å². The van der Waals surface area contributed by atoms with Crippen molar-refractivity contribution in [1.82, 2.24) is 0 Å². The topological polar surface area (TPSA) is 191 Å². The lowest BCUT2D eigenvalue weighted by Gasteiger charge is -2.31. The molecule has 0 saturated heterocycles. The predicted octanol–water partition coefficient (Wildman–Crippen LogP) is 1.83. The van der Waals surface area contributed by atoms with Gasteiger partial charge in [0, 0.05) is 24.1 Å². The van der Waals surface area contributed by atoms with E-state index in [1.54, 1.807) is 0 Å². The van der Waals surface area contributed by atoms with E-state index >= 15 is 0 Å². The summed E-state index contributed by atoms with van der Waals surface area (Å²) >= 11 is 0. The van der Waals surface area contributed by atoms with Gasteiger partial charge in [0.15, 0.2) is 29.1 Å². The van der Waals surface area contributed by atoms with Gasteiger partial charge in [-0.15, -0.1) is 0 Å². The van der Waals surface area contributed by atoms with Crippen molar-refractivity contribution >= 4 is 30.1 Å². The first-order chi connectivity index (χ1) is 17.0. The summed E-state index contributed by atoms with van der Waals surface area (Å²) in [5.74, 6) is -4.72. The number of aromatic hydroxyl groups is 4. The van der Waals surface area contributed by atoms with Crippen LogP contribution in [0, 0.1) is 0 Å². The van der Waals surface area contributed by atoms with E-state index in [1.165, 1.54) is 48.6 Å². The molecular formula is C25H22O11. The minimum absolute atomic E-state index is 0.240. The second kappa shape index (κ2) is 11.1. The molecule has 0 aromatic heterocycles. The summed E-state index contributed by atoms with van der Waals surface area (Å²) < 4.78 is 10.3. The third kappa shape index (κ3) is 6.64. The monoisotopic (exact) mass is 498 g/mol. The lowest BCUT2D eigenvalue weighted by Crippen LogP contribution is -2.45. The zero-order valence-electron chi connectivity index (χ0n) is 18.5. The molecule has 1 aliphatic carbocycles. The Balaban J connectivity index is 1.68. The molecule has 6 N–H and O–H groups in total. The van der Waals surface area contributed by atoms with Crippen LogP contribution in [0.2, 0.25) is 0 Å². The van der Waals surface area contributed by atoms with Gasteiger partial charge < -0.3 is 40.1 Å².